The molecule has 0 fully saturated rings. The fourth-order valence-corrected chi connectivity index (χ4v) is 3.64. The minimum Gasteiger partial charge on any atom is -0.493 e. The van der Waals surface area contributed by atoms with Crippen molar-refractivity contribution in [3.63, 3.8) is 0 Å². The van der Waals surface area contributed by atoms with Crippen molar-refractivity contribution in [2.45, 2.75) is 27.7 Å². The van der Waals surface area contributed by atoms with E-state index in [2.05, 4.69) is 20.6 Å². The van der Waals surface area contributed by atoms with Crippen LogP contribution in [0.15, 0.2) is 91.0 Å². The number of nitrogen functional groups attached to an aromatic ring is 1. The van der Waals surface area contributed by atoms with E-state index in [9.17, 15) is 9.59 Å². The van der Waals surface area contributed by atoms with Crippen LogP contribution in [0.2, 0.25) is 0 Å². The van der Waals surface area contributed by atoms with E-state index in [4.69, 9.17) is 15.2 Å². The van der Waals surface area contributed by atoms with E-state index in [-0.39, 0.29) is 12.5 Å². The van der Waals surface area contributed by atoms with Gasteiger partial charge in [-0.2, -0.15) is 0 Å². The Morgan fingerprint density at radius 2 is 1.29 bits per heavy atom. The van der Waals surface area contributed by atoms with Gasteiger partial charge in [-0.15, -0.1) is 0 Å². The molecule has 0 aliphatic carbocycles. The maximum atomic E-state index is 12.2. The zero-order chi connectivity index (χ0) is 30.9. The fraction of sp³-hybridized carbons (Fsp3) is 0.212. The SMILES string of the molecule is CC.CC.COc1ccc(C(=O)NCC(=O)Nc2ccc3ccccc3n2)cc1OC.Nc1ccc2ccccc2n1. The molecule has 0 saturated heterocycles. The molecule has 220 valence electrons. The van der Waals surface area contributed by atoms with Crippen LogP contribution in [-0.4, -0.2) is 42.5 Å². The van der Waals surface area contributed by atoms with Gasteiger partial charge in [0.15, 0.2) is 11.5 Å². The van der Waals surface area contributed by atoms with Gasteiger partial charge in [-0.05, 0) is 54.6 Å². The molecule has 9 heteroatoms. The summed E-state index contributed by atoms with van der Waals surface area (Å²) in [5.74, 6) is 1.20. The molecular formula is C33H39N5O4. The third-order valence-corrected chi connectivity index (χ3v) is 5.54. The number of ether oxygens (including phenoxy) is 2. The standard InChI is InChI=1S/C20H19N3O4.C9H8N2.2C2H6/c1-26-16-9-7-14(11-17(16)27-2)20(25)21-12-19(24)23-18-10-8-13-5-3-4-6-15(13)22-18;10-9-6-5-7-3-1-2-4-8(7)11-9;2*1-2/h3-11H,12H2,1-2H3,(H,21,25)(H,22,23,24);1-6H,(H2,10,11);2*1-2H3. The number of nitrogens with two attached hydrogens (primary N) is 1. The molecule has 0 radical (unpaired) electrons. The minimum absolute atomic E-state index is 0.179. The number of anilines is 2. The van der Waals surface area contributed by atoms with Gasteiger partial charge in [0.05, 0.1) is 31.8 Å². The molecule has 2 aromatic heterocycles. The summed E-state index contributed by atoms with van der Waals surface area (Å²) in [6.07, 6.45) is 0. The largest absolute Gasteiger partial charge is 0.493 e. The number of para-hydroxylation sites is 2. The summed E-state index contributed by atoms with van der Waals surface area (Å²) >= 11 is 0. The number of nitrogens with one attached hydrogen (secondary N) is 2. The first-order chi connectivity index (χ1) is 20.5. The van der Waals surface area contributed by atoms with Crippen molar-refractivity contribution >= 4 is 45.3 Å². The first-order valence-electron chi connectivity index (χ1n) is 13.7. The van der Waals surface area contributed by atoms with Gasteiger partial charge in [0, 0.05) is 16.3 Å². The van der Waals surface area contributed by atoms with Gasteiger partial charge in [0.25, 0.3) is 5.91 Å². The Morgan fingerprint density at radius 1 is 0.714 bits per heavy atom. The van der Waals surface area contributed by atoms with Crippen molar-refractivity contribution < 1.29 is 19.1 Å². The normalized spacial score (nSPS) is 9.57. The van der Waals surface area contributed by atoms with Gasteiger partial charge in [0.2, 0.25) is 5.91 Å². The second-order valence-corrected chi connectivity index (χ2v) is 8.12. The number of benzene rings is 3. The highest BCUT2D eigenvalue weighted by molar-refractivity contribution is 5.99. The molecule has 0 atom stereocenters. The molecule has 4 N–H and O–H groups in total. The van der Waals surface area contributed by atoms with Crippen molar-refractivity contribution in [2.24, 2.45) is 0 Å². The molecule has 5 rings (SSSR count). The minimum atomic E-state index is -0.391. The van der Waals surface area contributed by atoms with Crippen LogP contribution >= 0.6 is 0 Å². The number of hydrogen-bond acceptors (Lipinski definition) is 7. The molecule has 0 spiro atoms. The lowest BCUT2D eigenvalue weighted by molar-refractivity contribution is -0.115. The van der Waals surface area contributed by atoms with E-state index in [1.807, 2.05) is 94.4 Å². The van der Waals surface area contributed by atoms with Gasteiger partial charge >= 0.3 is 0 Å². The van der Waals surface area contributed by atoms with E-state index < -0.39 is 5.91 Å². The number of amides is 2. The smallest absolute Gasteiger partial charge is 0.251 e. The molecule has 9 nitrogen and oxygen atoms in total. The van der Waals surface area contributed by atoms with Crippen molar-refractivity contribution in [1.82, 2.24) is 15.3 Å². The molecule has 3 aromatic carbocycles. The summed E-state index contributed by atoms with van der Waals surface area (Å²) in [5, 5.41) is 7.35. The lowest BCUT2D eigenvalue weighted by Crippen LogP contribution is -2.33. The van der Waals surface area contributed by atoms with Crippen molar-refractivity contribution in [2.75, 3.05) is 31.8 Å². The van der Waals surface area contributed by atoms with E-state index in [1.165, 1.54) is 14.2 Å². The van der Waals surface area contributed by atoms with Crippen LogP contribution in [0.5, 0.6) is 11.5 Å². The summed E-state index contributed by atoms with van der Waals surface area (Å²) in [5.41, 5.74) is 7.61. The highest BCUT2D eigenvalue weighted by Crippen LogP contribution is 2.27. The van der Waals surface area contributed by atoms with Crippen LogP contribution in [-0.2, 0) is 4.79 Å². The van der Waals surface area contributed by atoms with Gasteiger partial charge < -0.3 is 25.8 Å². The number of fused-ring (bicyclic) bond motifs is 2. The van der Waals surface area contributed by atoms with E-state index in [0.717, 1.165) is 21.8 Å². The average Bonchev–Trinajstić information content (AvgIpc) is 3.05. The molecule has 2 heterocycles. The summed E-state index contributed by atoms with van der Waals surface area (Å²) in [6.45, 7) is 7.82. The molecule has 0 aliphatic heterocycles. The zero-order valence-electron chi connectivity index (χ0n) is 25.0. The summed E-state index contributed by atoms with van der Waals surface area (Å²) in [7, 11) is 3.01. The first kappa shape index (κ1) is 33.0. The number of carbonyl (C=O) groups excluding carboxylic acids is 2. The van der Waals surface area contributed by atoms with Crippen LogP contribution in [0.25, 0.3) is 21.8 Å². The summed E-state index contributed by atoms with van der Waals surface area (Å²) in [6, 6.07) is 27.7. The number of pyridine rings is 2. The van der Waals surface area contributed by atoms with Crippen LogP contribution < -0.4 is 25.8 Å². The van der Waals surface area contributed by atoms with Crippen LogP contribution in [0.3, 0.4) is 0 Å². The first-order valence-corrected chi connectivity index (χ1v) is 13.7. The van der Waals surface area contributed by atoms with Crippen LogP contribution in [0.4, 0.5) is 11.6 Å². The Bertz CT molecular complexity index is 1590. The highest BCUT2D eigenvalue weighted by Gasteiger charge is 2.12. The van der Waals surface area contributed by atoms with Gasteiger partial charge in [-0.25, -0.2) is 9.97 Å². The van der Waals surface area contributed by atoms with E-state index in [0.29, 0.717) is 28.7 Å². The van der Waals surface area contributed by atoms with Crippen molar-refractivity contribution in [1.29, 1.82) is 0 Å². The molecule has 0 aliphatic rings. The molecule has 0 bridgehead atoms. The molecular weight excluding hydrogens is 530 g/mol. The Hall–Kier alpha value is -5.18. The number of aromatic nitrogens is 2. The molecule has 0 unspecified atom stereocenters. The zero-order valence-corrected chi connectivity index (χ0v) is 25.0. The quantitative estimate of drug-likeness (QED) is 0.213. The monoisotopic (exact) mass is 569 g/mol. The lowest BCUT2D eigenvalue weighted by atomic mass is 10.2. The van der Waals surface area contributed by atoms with Crippen LogP contribution in [0.1, 0.15) is 38.1 Å². The van der Waals surface area contributed by atoms with E-state index in [1.54, 1.807) is 24.3 Å². The Labute approximate surface area is 247 Å². The number of methoxy groups -OCH3 is 2. The van der Waals surface area contributed by atoms with Crippen molar-refractivity contribution in [3.05, 3.63) is 96.6 Å². The summed E-state index contributed by atoms with van der Waals surface area (Å²) in [4.78, 5) is 32.9. The van der Waals surface area contributed by atoms with E-state index >= 15 is 0 Å². The third-order valence-electron chi connectivity index (χ3n) is 5.54. The Kier molecular flexibility index (Phi) is 13.8. The Balaban J connectivity index is 0.000000340. The van der Waals surface area contributed by atoms with Gasteiger partial charge in [-0.1, -0.05) is 64.1 Å². The van der Waals surface area contributed by atoms with Gasteiger partial charge in [0.1, 0.15) is 11.6 Å². The molecule has 0 saturated carbocycles. The number of nitrogens with zero attached hydrogens (tertiary/aromatic N) is 2. The number of rotatable bonds is 6. The molecule has 2 amide bonds. The fourth-order valence-electron chi connectivity index (χ4n) is 3.64. The molecule has 42 heavy (non-hydrogen) atoms. The second kappa shape index (κ2) is 17.5. The van der Waals surface area contributed by atoms with Crippen molar-refractivity contribution in [3.8, 4) is 11.5 Å². The van der Waals surface area contributed by atoms with Gasteiger partial charge in [-0.3, -0.25) is 9.59 Å². The number of hydrogen-bond donors (Lipinski definition) is 3. The topological polar surface area (TPSA) is 128 Å². The second-order valence-electron chi connectivity index (χ2n) is 8.12. The highest BCUT2D eigenvalue weighted by atomic mass is 16.5. The number of carbonyl (C=O) groups is 2. The Morgan fingerprint density at radius 3 is 1.90 bits per heavy atom. The molecule has 5 aromatic rings. The predicted octanol–water partition coefficient (Wildman–Crippen LogP) is 6.49. The average molecular weight is 570 g/mol. The van der Waals surface area contributed by atoms with Crippen LogP contribution in [0, 0.1) is 0 Å². The summed E-state index contributed by atoms with van der Waals surface area (Å²) < 4.78 is 10.3. The maximum absolute atomic E-state index is 12.2. The predicted molar refractivity (Wildman–Crippen MR) is 171 cm³/mol. The maximum Gasteiger partial charge on any atom is 0.251 e. The third kappa shape index (κ3) is 9.48. The lowest BCUT2D eigenvalue weighted by Gasteiger charge is -2.10.